The van der Waals surface area contributed by atoms with Gasteiger partial charge in [-0.1, -0.05) is 0 Å². The van der Waals surface area contributed by atoms with E-state index in [0.29, 0.717) is 5.82 Å². The summed E-state index contributed by atoms with van der Waals surface area (Å²) in [6.07, 6.45) is 1.24. The normalized spacial score (nSPS) is 10.5. The van der Waals surface area contributed by atoms with Crippen LogP contribution in [0.15, 0.2) is 18.3 Å². The van der Waals surface area contributed by atoms with Gasteiger partial charge in [0.1, 0.15) is 5.82 Å². The van der Waals surface area contributed by atoms with E-state index in [0.717, 1.165) is 31.9 Å². The highest BCUT2D eigenvalue weighted by atomic mass is 16.4. The summed E-state index contributed by atoms with van der Waals surface area (Å²) in [5, 5.41) is 16.1. The maximum absolute atomic E-state index is 11.5. The van der Waals surface area contributed by atoms with Crippen molar-refractivity contribution in [1.29, 1.82) is 0 Å². The van der Waals surface area contributed by atoms with E-state index in [4.69, 9.17) is 0 Å². The van der Waals surface area contributed by atoms with Gasteiger partial charge in [0.15, 0.2) is 0 Å². The third kappa shape index (κ3) is 7.03. The number of carboxylic acid groups (broad SMARTS) is 1. The van der Waals surface area contributed by atoms with E-state index in [1.54, 1.807) is 12.3 Å². The summed E-state index contributed by atoms with van der Waals surface area (Å²) < 4.78 is 0. The molecule has 0 aliphatic heterocycles. The van der Waals surface area contributed by atoms with Crippen molar-refractivity contribution in [3.63, 3.8) is 0 Å². The van der Waals surface area contributed by atoms with Crippen LogP contribution in [0.25, 0.3) is 0 Å². The molecule has 0 aliphatic carbocycles. The topological polar surface area (TPSA) is 98.6 Å². The van der Waals surface area contributed by atoms with Gasteiger partial charge in [-0.25, -0.2) is 4.98 Å². The Bertz CT molecular complexity index is 472. The summed E-state index contributed by atoms with van der Waals surface area (Å²) in [5.74, 6) is -1.22. The van der Waals surface area contributed by atoms with Gasteiger partial charge in [-0.05, 0) is 32.4 Å². The highest BCUT2D eigenvalue weighted by Gasteiger charge is 2.04. The third-order valence-corrected chi connectivity index (χ3v) is 3.39. The molecule has 22 heavy (non-hydrogen) atoms. The summed E-state index contributed by atoms with van der Waals surface area (Å²) in [4.78, 5) is 27.4. The number of rotatable bonds is 10. The molecule has 1 rings (SSSR count). The number of anilines is 2. The number of carbonyl (C=O) groups is 2. The fourth-order valence-electron chi connectivity index (χ4n) is 1.98. The molecular weight excluding hydrogens is 284 g/mol. The van der Waals surface area contributed by atoms with Crippen molar-refractivity contribution in [1.82, 2.24) is 4.98 Å². The van der Waals surface area contributed by atoms with Crippen LogP contribution in [0.4, 0.5) is 11.5 Å². The number of aromatic nitrogens is 1. The van der Waals surface area contributed by atoms with Gasteiger partial charge in [0.05, 0.1) is 38.1 Å². The molecule has 0 saturated heterocycles. The number of aliphatic carboxylic acids is 1. The molecule has 0 fully saturated rings. The van der Waals surface area contributed by atoms with Crippen molar-refractivity contribution in [2.24, 2.45) is 0 Å². The van der Waals surface area contributed by atoms with Crippen LogP contribution in [0.2, 0.25) is 0 Å². The van der Waals surface area contributed by atoms with Crippen molar-refractivity contribution in [3.05, 3.63) is 18.3 Å². The molecule has 0 bridgehead atoms. The van der Waals surface area contributed by atoms with Gasteiger partial charge in [0, 0.05) is 12.4 Å². The molecule has 3 N–H and O–H groups in total. The van der Waals surface area contributed by atoms with Crippen LogP contribution in [-0.4, -0.2) is 43.0 Å². The lowest BCUT2D eigenvalue weighted by atomic mass is 10.3. The van der Waals surface area contributed by atoms with E-state index in [2.05, 4.69) is 29.5 Å². The van der Waals surface area contributed by atoms with E-state index in [1.165, 1.54) is 4.90 Å². The van der Waals surface area contributed by atoms with Crippen LogP contribution in [-0.2, 0) is 9.59 Å². The molecule has 1 aromatic heterocycles. The van der Waals surface area contributed by atoms with Crippen LogP contribution in [0.3, 0.4) is 0 Å². The Balaban J connectivity index is 2.36. The maximum atomic E-state index is 11.5. The summed E-state index contributed by atoms with van der Waals surface area (Å²) in [6.45, 7) is 8.43. The first kappa shape index (κ1) is 17.9. The molecule has 0 atom stereocenters. The van der Waals surface area contributed by atoms with Gasteiger partial charge in [-0.2, -0.15) is 0 Å². The van der Waals surface area contributed by atoms with Crippen LogP contribution >= 0.6 is 0 Å². The van der Waals surface area contributed by atoms with Crippen LogP contribution in [0.5, 0.6) is 0 Å². The van der Waals surface area contributed by atoms with Crippen molar-refractivity contribution < 1.29 is 19.6 Å². The van der Waals surface area contributed by atoms with E-state index < -0.39 is 5.97 Å². The predicted molar refractivity (Wildman–Crippen MR) is 82.5 cm³/mol. The second kappa shape index (κ2) is 9.73. The SMILES string of the molecule is CC[NH+](CC)CCNc1ccc(NC(=O)CCC(=O)[O-])nc1. The number of nitrogens with zero attached hydrogens (tertiary/aromatic N) is 1. The highest BCUT2D eigenvalue weighted by Crippen LogP contribution is 2.09. The van der Waals surface area contributed by atoms with Gasteiger partial charge in [0.2, 0.25) is 5.91 Å². The Hall–Kier alpha value is -2.15. The number of amides is 1. The molecule has 122 valence electrons. The molecule has 1 heterocycles. The first-order chi connectivity index (χ1) is 10.5. The van der Waals surface area contributed by atoms with E-state index in [9.17, 15) is 14.7 Å². The fourth-order valence-corrected chi connectivity index (χ4v) is 1.98. The lowest BCUT2D eigenvalue weighted by Crippen LogP contribution is -3.12. The molecule has 0 aromatic carbocycles. The largest absolute Gasteiger partial charge is 0.550 e. The lowest BCUT2D eigenvalue weighted by Gasteiger charge is -2.15. The monoisotopic (exact) mass is 308 g/mol. The first-order valence-electron chi connectivity index (χ1n) is 7.58. The summed E-state index contributed by atoms with van der Waals surface area (Å²) in [7, 11) is 0. The lowest BCUT2D eigenvalue weighted by molar-refractivity contribution is -0.894. The third-order valence-electron chi connectivity index (χ3n) is 3.39. The Morgan fingerprint density at radius 2 is 1.95 bits per heavy atom. The number of hydrogen-bond acceptors (Lipinski definition) is 5. The van der Waals surface area contributed by atoms with Gasteiger partial charge in [-0.3, -0.25) is 4.79 Å². The number of carbonyl (C=O) groups excluding carboxylic acids is 2. The molecule has 0 radical (unpaired) electrons. The smallest absolute Gasteiger partial charge is 0.225 e. The highest BCUT2D eigenvalue weighted by molar-refractivity contribution is 5.91. The molecule has 1 aromatic rings. The summed E-state index contributed by atoms with van der Waals surface area (Å²) in [6, 6.07) is 3.52. The average molecular weight is 308 g/mol. The number of pyridine rings is 1. The zero-order valence-electron chi connectivity index (χ0n) is 13.1. The Morgan fingerprint density at radius 1 is 1.23 bits per heavy atom. The Kier molecular flexibility index (Phi) is 7.91. The van der Waals surface area contributed by atoms with Crippen molar-refractivity contribution in [2.45, 2.75) is 26.7 Å². The van der Waals surface area contributed by atoms with Crippen LogP contribution in [0.1, 0.15) is 26.7 Å². The molecule has 1 amide bonds. The van der Waals surface area contributed by atoms with E-state index in [-0.39, 0.29) is 18.7 Å². The second-order valence-electron chi connectivity index (χ2n) is 4.99. The standard InChI is InChI=1S/C15H24N4O3/c1-3-19(4-2)10-9-16-12-5-6-13(17-11-12)18-14(20)7-8-15(21)22/h5-6,11,16H,3-4,7-10H2,1-2H3,(H,21,22)(H,17,18,20). The predicted octanol–water partition coefficient (Wildman–Crippen LogP) is -1.11. The van der Waals surface area contributed by atoms with Crippen LogP contribution < -0.4 is 20.6 Å². The van der Waals surface area contributed by atoms with Gasteiger partial charge in [-0.15, -0.1) is 0 Å². The van der Waals surface area contributed by atoms with Crippen molar-refractivity contribution >= 4 is 23.4 Å². The van der Waals surface area contributed by atoms with Crippen molar-refractivity contribution in [3.8, 4) is 0 Å². The minimum Gasteiger partial charge on any atom is -0.550 e. The zero-order chi connectivity index (χ0) is 16.4. The van der Waals surface area contributed by atoms with Gasteiger partial charge in [0.25, 0.3) is 0 Å². The zero-order valence-corrected chi connectivity index (χ0v) is 13.1. The second-order valence-corrected chi connectivity index (χ2v) is 4.99. The first-order valence-corrected chi connectivity index (χ1v) is 7.58. The van der Waals surface area contributed by atoms with Crippen molar-refractivity contribution in [2.75, 3.05) is 36.8 Å². The molecule has 7 heteroatoms. The number of carboxylic acids is 1. The average Bonchev–Trinajstić information content (AvgIpc) is 2.51. The minimum atomic E-state index is -1.24. The molecular formula is C15H24N4O3. The summed E-state index contributed by atoms with van der Waals surface area (Å²) in [5.41, 5.74) is 0.888. The minimum absolute atomic E-state index is 0.114. The quantitative estimate of drug-likeness (QED) is 0.509. The number of hydrogen-bond donors (Lipinski definition) is 3. The molecule has 0 spiro atoms. The molecule has 0 saturated carbocycles. The Labute approximate surface area is 130 Å². The molecule has 7 nitrogen and oxygen atoms in total. The molecule has 0 unspecified atom stereocenters. The van der Waals surface area contributed by atoms with E-state index in [1.807, 2.05) is 6.07 Å². The number of nitrogens with one attached hydrogen (secondary N) is 3. The maximum Gasteiger partial charge on any atom is 0.225 e. The summed E-state index contributed by atoms with van der Waals surface area (Å²) >= 11 is 0. The van der Waals surface area contributed by atoms with Gasteiger partial charge >= 0.3 is 0 Å². The fraction of sp³-hybridized carbons (Fsp3) is 0.533. The number of quaternary nitrogens is 1. The Morgan fingerprint density at radius 3 is 2.50 bits per heavy atom. The van der Waals surface area contributed by atoms with E-state index >= 15 is 0 Å². The van der Waals surface area contributed by atoms with Gasteiger partial charge < -0.3 is 25.4 Å². The molecule has 0 aliphatic rings. The van der Waals surface area contributed by atoms with Crippen LogP contribution in [0, 0.1) is 0 Å². The number of likely N-dealkylation sites (N-methyl/N-ethyl adjacent to an activating group) is 1.